The number of unbranched alkanes of at least 4 members (excludes halogenated alkanes) is 10. The Balaban J connectivity index is 3.20. The molecule has 0 rings (SSSR count). The molecular formula is C21H40O2. The summed E-state index contributed by atoms with van der Waals surface area (Å²) in [5.41, 5.74) is 0. The zero-order chi connectivity index (χ0) is 17.2. The van der Waals surface area contributed by atoms with Gasteiger partial charge in [0.15, 0.2) is 0 Å². The van der Waals surface area contributed by atoms with Gasteiger partial charge in [0, 0.05) is 6.42 Å². The van der Waals surface area contributed by atoms with Gasteiger partial charge in [0.1, 0.15) is 0 Å². The Morgan fingerprint density at radius 2 is 1.35 bits per heavy atom. The van der Waals surface area contributed by atoms with Crippen LogP contribution < -0.4 is 0 Å². The molecule has 0 fully saturated rings. The zero-order valence-corrected chi connectivity index (χ0v) is 15.5. The van der Waals surface area contributed by atoms with Crippen molar-refractivity contribution in [3.63, 3.8) is 0 Å². The predicted octanol–water partition coefficient (Wildman–Crippen LogP) is 7.13. The van der Waals surface area contributed by atoms with E-state index >= 15 is 0 Å². The SMILES string of the molecule is C=CCC(CCC)CCCCCCCCCCCCCC(=O)O. The monoisotopic (exact) mass is 324 g/mol. The normalized spacial score (nSPS) is 12.2. The quantitative estimate of drug-likeness (QED) is 0.215. The molecule has 0 radical (unpaired) electrons. The molecule has 1 atom stereocenters. The predicted molar refractivity (Wildman–Crippen MR) is 101 cm³/mol. The number of carbonyl (C=O) groups is 1. The Kier molecular flexibility index (Phi) is 17.0. The van der Waals surface area contributed by atoms with Gasteiger partial charge in [0.2, 0.25) is 0 Å². The highest BCUT2D eigenvalue weighted by Crippen LogP contribution is 2.20. The molecule has 0 aliphatic rings. The maximum absolute atomic E-state index is 10.4. The number of allylic oxidation sites excluding steroid dienone is 1. The molecule has 23 heavy (non-hydrogen) atoms. The van der Waals surface area contributed by atoms with E-state index in [0.29, 0.717) is 6.42 Å². The minimum Gasteiger partial charge on any atom is -0.481 e. The Morgan fingerprint density at radius 1 is 0.870 bits per heavy atom. The van der Waals surface area contributed by atoms with Crippen LogP contribution >= 0.6 is 0 Å². The summed E-state index contributed by atoms with van der Waals surface area (Å²) in [7, 11) is 0. The lowest BCUT2D eigenvalue weighted by Gasteiger charge is -2.13. The van der Waals surface area contributed by atoms with Gasteiger partial charge in [0.05, 0.1) is 0 Å². The van der Waals surface area contributed by atoms with Gasteiger partial charge in [-0.3, -0.25) is 4.79 Å². The first-order chi connectivity index (χ1) is 11.2. The van der Waals surface area contributed by atoms with Crippen molar-refractivity contribution >= 4 is 5.97 Å². The molecule has 136 valence electrons. The van der Waals surface area contributed by atoms with Gasteiger partial charge in [-0.1, -0.05) is 96.5 Å². The highest BCUT2D eigenvalue weighted by atomic mass is 16.4. The van der Waals surface area contributed by atoms with Crippen LogP contribution in [0.1, 0.15) is 110 Å². The number of carboxylic acids is 1. The second-order valence-electron chi connectivity index (χ2n) is 7.00. The van der Waals surface area contributed by atoms with E-state index in [4.69, 9.17) is 5.11 Å². The Labute approximate surface area is 144 Å². The molecule has 0 aromatic carbocycles. The summed E-state index contributed by atoms with van der Waals surface area (Å²) in [4.78, 5) is 10.4. The molecule has 0 bridgehead atoms. The molecule has 0 saturated carbocycles. The molecule has 2 nitrogen and oxygen atoms in total. The molecule has 0 heterocycles. The van der Waals surface area contributed by atoms with Crippen molar-refractivity contribution in [2.75, 3.05) is 0 Å². The van der Waals surface area contributed by atoms with Crippen LogP contribution in [0.25, 0.3) is 0 Å². The fourth-order valence-electron chi connectivity index (χ4n) is 3.32. The maximum Gasteiger partial charge on any atom is 0.303 e. The van der Waals surface area contributed by atoms with Crippen molar-refractivity contribution in [3.05, 3.63) is 12.7 Å². The van der Waals surface area contributed by atoms with Crippen molar-refractivity contribution in [2.45, 2.75) is 110 Å². The Morgan fingerprint density at radius 3 is 1.78 bits per heavy atom. The van der Waals surface area contributed by atoms with Gasteiger partial charge in [-0.25, -0.2) is 0 Å². The average Bonchev–Trinajstić information content (AvgIpc) is 2.52. The van der Waals surface area contributed by atoms with E-state index in [0.717, 1.165) is 18.8 Å². The number of hydrogen-bond donors (Lipinski definition) is 1. The first-order valence-corrected chi connectivity index (χ1v) is 10.0. The van der Waals surface area contributed by atoms with Gasteiger partial charge in [-0.15, -0.1) is 6.58 Å². The fraction of sp³-hybridized carbons (Fsp3) is 0.857. The average molecular weight is 325 g/mol. The van der Waals surface area contributed by atoms with Crippen LogP contribution in [0.5, 0.6) is 0 Å². The number of hydrogen-bond acceptors (Lipinski definition) is 1. The van der Waals surface area contributed by atoms with Gasteiger partial charge >= 0.3 is 5.97 Å². The van der Waals surface area contributed by atoms with E-state index in [9.17, 15) is 4.79 Å². The first-order valence-electron chi connectivity index (χ1n) is 10.0. The molecule has 0 aliphatic carbocycles. The third-order valence-corrected chi connectivity index (χ3v) is 4.70. The fourth-order valence-corrected chi connectivity index (χ4v) is 3.32. The summed E-state index contributed by atoms with van der Waals surface area (Å²) >= 11 is 0. The van der Waals surface area contributed by atoms with Crippen molar-refractivity contribution in [1.82, 2.24) is 0 Å². The Hall–Kier alpha value is -0.790. The van der Waals surface area contributed by atoms with Crippen molar-refractivity contribution in [1.29, 1.82) is 0 Å². The Bertz CT molecular complexity index is 273. The lowest BCUT2D eigenvalue weighted by molar-refractivity contribution is -0.137. The maximum atomic E-state index is 10.4. The van der Waals surface area contributed by atoms with Gasteiger partial charge in [-0.05, 0) is 18.8 Å². The smallest absolute Gasteiger partial charge is 0.303 e. The van der Waals surface area contributed by atoms with E-state index in [1.165, 1.54) is 83.5 Å². The summed E-state index contributed by atoms with van der Waals surface area (Å²) in [6, 6.07) is 0. The largest absolute Gasteiger partial charge is 0.481 e. The zero-order valence-electron chi connectivity index (χ0n) is 15.5. The van der Waals surface area contributed by atoms with Crippen LogP contribution in [0, 0.1) is 5.92 Å². The highest BCUT2D eigenvalue weighted by molar-refractivity contribution is 5.66. The van der Waals surface area contributed by atoms with E-state index in [1.54, 1.807) is 0 Å². The third kappa shape index (κ3) is 17.4. The molecule has 1 N–H and O–H groups in total. The number of rotatable bonds is 18. The van der Waals surface area contributed by atoms with E-state index in [2.05, 4.69) is 19.6 Å². The molecule has 0 aromatic heterocycles. The summed E-state index contributed by atoms with van der Waals surface area (Å²) in [5.74, 6) is 0.217. The van der Waals surface area contributed by atoms with Crippen LogP contribution in [-0.4, -0.2) is 11.1 Å². The van der Waals surface area contributed by atoms with Crippen LogP contribution in [0.4, 0.5) is 0 Å². The van der Waals surface area contributed by atoms with Crippen LogP contribution in [0.2, 0.25) is 0 Å². The van der Waals surface area contributed by atoms with Crippen molar-refractivity contribution in [2.24, 2.45) is 5.92 Å². The molecule has 0 aliphatic heterocycles. The van der Waals surface area contributed by atoms with Crippen molar-refractivity contribution in [3.8, 4) is 0 Å². The lowest BCUT2D eigenvalue weighted by atomic mass is 9.93. The van der Waals surface area contributed by atoms with Crippen LogP contribution in [0.15, 0.2) is 12.7 Å². The topological polar surface area (TPSA) is 37.3 Å². The molecule has 1 unspecified atom stereocenters. The standard InChI is InChI=1S/C21H40O2/c1-3-16-20(17-4-2)18-14-12-10-8-6-5-7-9-11-13-15-19-21(22)23/h3,20H,1,4-19H2,2H3,(H,22,23). The van der Waals surface area contributed by atoms with E-state index < -0.39 is 5.97 Å². The summed E-state index contributed by atoms with van der Waals surface area (Å²) in [6.07, 6.45) is 21.7. The molecule has 0 saturated heterocycles. The van der Waals surface area contributed by atoms with Gasteiger partial charge < -0.3 is 5.11 Å². The summed E-state index contributed by atoms with van der Waals surface area (Å²) in [5, 5.41) is 8.55. The van der Waals surface area contributed by atoms with Gasteiger partial charge in [0.25, 0.3) is 0 Å². The second-order valence-corrected chi connectivity index (χ2v) is 7.00. The van der Waals surface area contributed by atoms with Crippen molar-refractivity contribution < 1.29 is 9.90 Å². The molecular weight excluding hydrogens is 284 g/mol. The third-order valence-electron chi connectivity index (χ3n) is 4.70. The van der Waals surface area contributed by atoms with Crippen LogP contribution in [-0.2, 0) is 4.79 Å². The van der Waals surface area contributed by atoms with Gasteiger partial charge in [-0.2, -0.15) is 0 Å². The van der Waals surface area contributed by atoms with Crippen LogP contribution in [0.3, 0.4) is 0 Å². The lowest BCUT2D eigenvalue weighted by Crippen LogP contribution is -1.98. The minimum atomic E-state index is -0.657. The molecule has 0 spiro atoms. The highest BCUT2D eigenvalue weighted by Gasteiger charge is 2.05. The number of aliphatic carboxylic acids is 1. The van der Waals surface area contributed by atoms with E-state index in [-0.39, 0.29) is 0 Å². The summed E-state index contributed by atoms with van der Waals surface area (Å²) in [6.45, 7) is 6.15. The molecule has 2 heteroatoms. The molecule has 0 amide bonds. The molecule has 0 aromatic rings. The second kappa shape index (κ2) is 17.6. The first kappa shape index (κ1) is 22.2. The minimum absolute atomic E-state index is 0.339. The van der Waals surface area contributed by atoms with E-state index in [1.807, 2.05) is 0 Å². The number of carboxylic acid groups (broad SMARTS) is 1. The summed E-state index contributed by atoms with van der Waals surface area (Å²) < 4.78 is 0.